The maximum atomic E-state index is 13.2. The third-order valence-electron chi connectivity index (χ3n) is 4.15. The molecule has 0 unspecified atom stereocenters. The van der Waals surface area contributed by atoms with E-state index in [1.54, 1.807) is 34.2 Å². The Morgan fingerprint density at radius 1 is 1.20 bits per heavy atom. The number of carbonyl (C=O) groups excluding carboxylic acids is 1. The maximum absolute atomic E-state index is 13.2. The van der Waals surface area contributed by atoms with Crippen molar-refractivity contribution in [2.45, 2.75) is 26.8 Å². The molecule has 1 N–H and O–H groups in total. The molecule has 0 saturated heterocycles. The first-order valence-corrected chi connectivity index (χ1v) is 9.04. The normalized spacial score (nSPS) is 12.4. The van der Waals surface area contributed by atoms with Gasteiger partial charge in [-0.05, 0) is 54.6 Å². The van der Waals surface area contributed by atoms with Crippen LogP contribution in [-0.2, 0) is 0 Å². The van der Waals surface area contributed by atoms with Crippen LogP contribution in [0.2, 0.25) is 0 Å². The maximum Gasteiger partial charge on any atom is 0.270 e. The lowest BCUT2D eigenvalue weighted by Gasteiger charge is -2.17. The van der Waals surface area contributed by atoms with E-state index in [-0.39, 0.29) is 17.8 Å². The second-order valence-electron chi connectivity index (χ2n) is 6.29. The van der Waals surface area contributed by atoms with Gasteiger partial charge in [0.05, 0.1) is 10.6 Å². The van der Waals surface area contributed by atoms with Crippen molar-refractivity contribution in [2.75, 3.05) is 0 Å². The standard InChI is InChI=1S/C19H20FN3OS/c1-12(2)13(3)21-19(24)17-11-16(18-5-4-10-25-18)22-23(17)15-8-6-14(20)7-9-15/h4-13H,1-3H3,(H,21,24)/t13-/m0/s1. The third kappa shape index (κ3) is 3.79. The molecule has 4 nitrogen and oxygen atoms in total. The average Bonchev–Trinajstić information content (AvgIpc) is 3.24. The van der Waals surface area contributed by atoms with E-state index in [2.05, 4.69) is 24.3 Å². The van der Waals surface area contributed by atoms with Crippen molar-refractivity contribution >= 4 is 17.2 Å². The fourth-order valence-electron chi connectivity index (χ4n) is 2.31. The minimum Gasteiger partial charge on any atom is -0.348 e. The largest absolute Gasteiger partial charge is 0.348 e. The van der Waals surface area contributed by atoms with Gasteiger partial charge in [0.25, 0.3) is 5.91 Å². The number of hydrogen-bond donors (Lipinski definition) is 1. The molecule has 3 rings (SSSR count). The van der Waals surface area contributed by atoms with Crippen LogP contribution in [0.5, 0.6) is 0 Å². The van der Waals surface area contributed by atoms with Gasteiger partial charge < -0.3 is 5.32 Å². The van der Waals surface area contributed by atoms with Crippen molar-refractivity contribution in [3.05, 3.63) is 59.4 Å². The lowest BCUT2D eigenvalue weighted by atomic mass is 10.1. The van der Waals surface area contributed by atoms with Gasteiger partial charge in [-0.25, -0.2) is 9.07 Å². The molecule has 1 aromatic carbocycles. The predicted molar refractivity (Wildman–Crippen MR) is 98.6 cm³/mol. The first-order chi connectivity index (χ1) is 12.0. The molecule has 0 saturated carbocycles. The molecule has 6 heteroatoms. The van der Waals surface area contributed by atoms with Crippen molar-refractivity contribution in [2.24, 2.45) is 5.92 Å². The summed E-state index contributed by atoms with van der Waals surface area (Å²) in [7, 11) is 0. The van der Waals surface area contributed by atoms with Gasteiger partial charge in [-0.1, -0.05) is 19.9 Å². The summed E-state index contributed by atoms with van der Waals surface area (Å²) < 4.78 is 14.8. The molecule has 0 aliphatic heterocycles. The van der Waals surface area contributed by atoms with Crippen LogP contribution in [-0.4, -0.2) is 21.7 Å². The number of halogens is 1. The molecule has 0 aliphatic carbocycles. The summed E-state index contributed by atoms with van der Waals surface area (Å²) in [6.07, 6.45) is 0. The smallest absolute Gasteiger partial charge is 0.270 e. The number of thiophene rings is 1. The highest BCUT2D eigenvalue weighted by Gasteiger charge is 2.20. The molecule has 2 aromatic heterocycles. The lowest BCUT2D eigenvalue weighted by molar-refractivity contribution is 0.0922. The number of hydrogen-bond acceptors (Lipinski definition) is 3. The summed E-state index contributed by atoms with van der Waals surface area (Å²) in [5.41, 5.74) is 1.80. The van der Waals surface area contributed by atoms with Crippen LogP contribution in [0.15, 0.2) is 47.8 Å². The molecule has 1 amide bonds. The van der Waals surface area contributed by atoms with Crippen LogP contribution in [0.3, 0.4) is 0 Å². The monoisotopic (exact) mass is 357 g/mol. The molecule has 0 bridgehead atoms. The Morgan fingerprint density at radius 3 is 2.52 bits per heavy atom. The molecular formula is C19H20FN3OS. The van der Waals surface area contributed by atoms with Gasteiger partial charge in [0.2, 0.25) is 0 Å². The Labute approximate surface area is 150 Å². The molecular weight excluding hydrogens is 337 g/mol. The van der Waals surface area contributed by atoms with Crippen LogP contribution in [0.1, 0.15) is 31.3 Å². The Hall–Kier alpha value is -2.47. The first-order valence-electron chi connectivity index (χ1n) is 8.16. The van der Waals surface area contributed by atoms with E-state index in [4.69, 9.17) is 0 Å². The van der Waals surface area contributed by atoms with Crippen molar-refractivity contribution in [3.8, 4) is 16.3 Å². The Morgan fingerprint density at radius 2 is 1.92 bits per heavy atom. The Bertz CT molecular complexity index is 853. The number of benzene rings is 1. The van der Waals surface area contributed by atoms with E-state index in [1.807, 2.05) is 24.4 Å². The van der Waals surface area contributed by atoms with Crippen LogP contribution in [0, 0.1) is 11.7 Å². The van der Waals surface area contributed by atoms with Gasteiger partial charge in [-0.2, -0.15) is 5.10 Å². The summed E-state index contributed by atoms with van der Waals surface area (Å²) >= 11 is 1.56. The second-order valence-corrected chi connectivity index (χ2v) is 7.23. The molecule has 130 valence electrons. The molecule has 0 spiro atoms. The van der Waals surface area contributed by atoms with E-state index < -0.39 is 0 Å². The zero-order valence-electron chi connectivity index (χ0n) is 14.4. The summed E-state index contributed by atoms with van der Waals surface area (Å²) in [6.45, 7) is 6.08. The zero-order chi connectivity index (χ0) is 18.0. The number of rotatable bonds is 5. The van der Waals surface area contributed by atoms with Crippen LogP contribution in [0.4, 0.5) is 4.39 Å². The van der Waals surface area contributed by atoms with Gasteiger partial charge in [0, 0.05) is 6.04 Å². The number of nitrogens with zero attached hydrogens (tertiary/aromatic N) is 2. The average molecular weight is 357 g/mol. The quantitative estimate of drug-likeness (QED) is 0.730. The number of aromatic nitrogens is 2. The number of amides is 1. The molecule has 3 aromatic rings. The second kappa shape index (κ2) is 7.19. The molecule has 25 heavy (non-hydrogen) atoms. The lowest BCUT2D eigenvalue weighted by Crippen LogP contribution is -2.37. The Kier molecular flexibility index (Phi) is 4.99. The molecule has 0 aliphatic rings. The fraction of sp³-hybridized carbons (Fsp3) is 0.263. The van der Waals surface area contributed by atoms with Crippen LogP contribution >= 0.6 is 11.3 Å². The van der Waals surface area contributed by atoms with E-state index in [0.29, 0.717) is 17.3 Å². The number of nitrogens with one attached hydrogen (secondary N) is 1. The summed E-state index contributed by atoms with van der Waals surface area (Å²) in [6, 6.07) is 11.7. The van der Waals surface area contributed by atoms with E-state index in [0.717, 1.165) is 10.6 Å². The Balaban J connectivity index is 2.02. The minimum atomic E-state index is -0.325. The van der Waals surface area contributed by atoms with E-state index in [1.165, 1.54) is 12.1 Å². The molecule has 1 atom stereocenters. The van der Waals surface area contributed by atoms with Gasteiger partial charge in [-0.15, -0.1) is 11.3 Å². The molecule has 0 radical (unpaired) electrons. The highest BCUT2D eigenvalue weighted by atomic mass is 32.1. The van der Waals surface area contributed by atoms with Gasteiger partial charge in [-0.3, -0.25) is 4.79 Å². The summed E-state index contributed by atoms with van der Waals surface area (Å²) in [5.74, 6) is -0.197. The minimum absolute atomic E-state index is 0.0363. The van der Waals surface area contributed by atoms with E-state index >= 15 is 0 Å². The van der Waals surface area contributed by atoms with Crippen LogP contribution < -0.4 is 5.32 Å². The third-order valence-corrected chi connectivity index (χ3v) is 5.04. The van der Waals surface area contributed by atoms with Crippen molar-refractivity contribution < 1.29 is 9.18 Å². The summed E-state index contributed by atoms with van der Waals surface area (Å²) in [5, 5.41) is 9.54. The van der Waals surface area contributed by atoms with Crippen molar-refractivity contribution in [1.82, 2.24) is 15.1 Å². The van der Waals surface area contributed by atoms with Gasteiger partial charge in [0.1, 0.15) is 17.2 Å². The SMILES string of the molecule is CC(C)[C@H](C)NC(=O)c1cc(-c2cccs2)nn1-c1ccc(F)cc1. The highest BCUT2D eigenvalue weighted by Crippen LogP contribution is 2.26. The topological polar surface area (TPSA) is 46.9 Å². The van der Waals surface area contributed by atoms with Gasteiger partial charge in [0.15, 0.2) is 0 Å². The first kappa shape index (κ1) is 17.4. The summed E-state index contributed by atoms with van der Waals surface area (Å²) in [4.78, 5) is 13.7. The fourth-order valence-corrected chi connectivity index (χ4v) is 3.00. The molecule has 2 heterocycles. The van der Waals surface area contributed by atoms with Gasteiger partial charge >= 0.3 is 0 Å². The zero-order valence-corrected chi connectivity index (χ0v) is 15.2. The molecule has 0 fully saturated rings. The van der Waals surface area contributed by atoms with Crippen molar-refractivity contribution in [1.29, 1.82) is 0 Å². The van der Waals surface area contributed by atoms with E-state index in [9.17, 15) is 9.18 Å². The van der Waals surface area contributed by atoms with Crippen molar-refractivity contribution in [3.63, 3.8) is 0 Å². The number of carbonyl (C=O) groups is 1. The highest BCUT2D eigenvalue weighted by molar-refractivity contribution is 7.13. The predicted octanol–water partition coefficient (Wildman–Crippen LogP) is 4.51. The van der Waals surface area contributed by atoms with Crippen LogP contribution in [0.25, 0.3) is 16.3 Å².